The molecule has 0 saturated carbocycles. The molecule has 0 unspecified atom stereocenters. The molecule has 1 aromatic heterocycles. The molecule has 9 heteroatoms. The first-order valence-electron chi connectivity index (χ1n) is 6.09. The van der Waals surface area contributed by atoms with Crippen LogP contribution in [-0.4, -0.2) is 54.0 Å². The SMILES string of the molecule is COC(=O)CN(C(C)C)S(=O)(=O)c1cc(C(=O)O)n(C)c1. The van der Waals surface area contributed by atoms with Crippen molar-refractivity contribution >= 4 is 22.0 Å². The van der Waals surface area contributed by atoms with E-state index in [4.69, 9.17) is 5.11 Å². The third-order valence-electron chi connectivity index (χ3n) is 2.89. The predicted molar refractivity (Wildman–Crippen MR) is 73.4 cm³/mol. The number of carboxylic acid groups (broad SMARTS) is 1. The average Bonchev–Trinajstić information content (AvgIpc) is 2.77. The standard InChI is InChI=1S/C12H18N2O6S/c1-8(2)14(7-11(15)20-4)21(18,19)9-5-10(12(16)17)13(3)6-9/h5-6,8H,7H2,1-4H3,(H,16,17). The smallest absolute Gasteiger partial charge is 0.352 e. The zero-order chi connectivity index (χ0) is 16.4. The maximum absolute atomic E-state index is 12.5. The number of aromatic carboxylic acids is 1. The van der Waals surface area contributed by atoms with E-state index in [9.17, 15) is 18.0 Å². The summed E-state index contributed by atoms with van der Waals surface area (Å²) in [5, 5.41) is 8.97. The highest BCUT2D eigenvalue weighted by Crippen LogP contribution is 2.20. The van der Waals surface area contributed by atoms with Crippen molar-refractivity contribution in [1.29, 1.82) is 0 Å². The largest absolute Gasteiger partial charge is 0.477 e. The van der Waals surface area contributed by atoms with Gasteiger partial charge in [0.1, 0.15) is 17.1 Å². The van der Waals surface area contributed by atoms with Crippen molar-refractivity contribution in [3.8, 4) is 0 Å². The number of rotatable bonds is 6. The first-order chi connectivity index (χ1) is 9.61. The molecule has 0 bridgehead atoms. The number of carboxylic acids is 1. The third kappa shape index (κ3) is 3.61. The number of hydrogen-bond donors (Lipinski definition) is 1. The lowest BCUT2D eigenvalue weighted by atomic mass is 10.4. The molecule has 0 aromatic carbocycles. The van der Waals surface area contributed by atoms with E-state index in [0.29, 0.717) is 0 Å². The Labute approximate surface area is 123 Å². The first-order valence-corrected chi connectivity index (χ1v) is 7.53. The van der Waals surface area contributed by atoms with Crippen molar-refractivity contribution < 1.29 is 27.9 Å². The average molecular weight is 318 g/mol. The lowest BCUT2D eigenvalue weighted by molar-refractivity contribution is -0.141. The van der Waals surface area contributed by atoms with Gasteiger partial charge in [-0.25, -0.2) is 13.2 Å². The summed E-state index contributed by atoms with van der Waals surface area (Å²) in [6, 6.07) is 0.576. The monoisotopic (exact) mass is 318 g/mol. The van der Waals surface area contributed by atoms with Crippen molar-refractivity contribution in [3.05, 3.63) is 18.0 Å². The van der Waals surface area contributed by atoms with Crippen LogP contribution in [0.15, 0.2) is 17.2 Å². The summed E-state index contributed by atoms with van der Waals surface area (Å²) < 4.78 is 31.7. The van der Waals surface area contributed by atoms with Crippen molar-refractivity contribution in [2.24, 2.45) is 7.05 Å². The molecular weight excluding hydrogens is 300 g/mol. The van der Waals surface area contributed by atoms with Gasteiger partial charge in [0, 0.05) is 19.3 Å². The van der Waals surface area contributed by atoms with Crippen LogP contribution in [0.4, 0.5) is 0 Å². The van der Waals surface area contributed by atoms with Crippen LogP contribution < -0.4 is 0 Å². The molecular formula is C12H18N2O6S. The molecule has 0 fully saturated rings. The molecule has 0 aliphatic heterocycles. The quantitative estimate of drug-likeness (QED) is 0.756. The molecule has 1 N–H and O–H groups in total. The molecule has 21 heavy (non-hydrogen) atoms. The molecule has 8 nitrogen and oxygen atoms in total. The van der Waals surface area contributed by atoms with Gasteiger partial charge in [-0.15, -0.1) is 0 Å². The Balaban J connectivity index is 3.26. The van der Waals surface area contributed by atoms with Gasteiger partial charge in [0.2, 0.25) is 10.0 Å². The summed E-state index contributed by atoms with van der Waals surface area (Å²) in [5.74, 6) is -1.93. The van der Waals surface area contributed by atoms with Crippen LogP contribution in [0.5, 0.6) is 0 Å². The zero-order valence-corrected chi connectivity index (χ0v) is 13.0. The number of sulfonamides is 1. The lowest BCUT2D eigenvalue weighted by Gasteiger charge is -2.24. The van der Waals surface area contributed by atoms with Gasteiger partial charge >= 0.3 is 11.9 Å². The first kappa shape index (κ1) is 17.2. The highest BCUT2D eigenvalue weighted by atomic mass is 32.2. The van der Waals surface area contributed by atoms with Crippen LogP contribution in [0.1, 0.15) is 24.3 Å². The van der Waals surface area contributed by atoms with E-state index >= 15 is 0 Å². The fourth-order valence-corrected chi connectivity index (χ4v) is 3.41. The summed E-state index contributed by atoms with van der Waals surface area (Å²) in [4.78, 5) is 22.2. The Bertz CT molecular complexity index is 647. The van der Waals surface area contributed by atoms with Crippen LogP contribution in [0, 0.1) is 0 Å². The zero-order valence-electron chi connectivity index (χ0n) is 12.2. The number of ether oxygens (including phenoxy) is 1. The number of aryl methyl sites for hydroxylation is 1. The number of carbonyl (C=O) groups is 2. The van der Waals surface area contributed by atoms with E-state index in [1.807, 2.05) is 0 Å². The Morgan fingerprint density at radius 1 is 1.43 bits per heavy atom. The number of aromatic nitrogens is 1. The minimum Gasteiger partial charge on any atom is -0.477 e. The van der Waals surface area contributed by atoms with E-state index in [1.165, 1.54) is 24.9 Å². The summed E-state index contributed by atoms with van der Waals surface area (Å²) in [5.41, 5.74) is -0.157. The summed E-state index contributed by atoms with van der Waals surface area (Å²) >= 11 is 0. The molecule has 0 aliphatic rings. The van der Waals surface area contributed by atoms with Gasteiger partial charge in [-0.05, 0) is 19.9 Å². The molecule has 1 aromatic rings. The lowest BCUT2D eigenvalue weighted by Crippen LogP contribution is -2.40. The second-order valence-electron chi connectivity index (χ2n) is 4.70. The molecule has 118 valence electrons. The van der Waals surface area contributed by atoms with Crippen LogP contribution in [0.25, 0.3) is 0 Å². The fourth-order valence-electron chi connectivity index (χ4n) is 1.76. The van der Waals surface area contributed by atoms with Crippen molar-refractivity contribution in [3.63, 3.8) is 0 Å². The van der Waals surface area contributed by atoms with Gasteiger partial charge < -0.3 is 14.4 Å². The van der Waals surface area contributed by atoms with Gasteiger partial charge in [-0.3, -0.25) is 4.79 Å². The van der Waals surface area contributed by atoms with E-state index < -0.39 is 34.5 Å². The van der Waals surface area contributed by atoms with Crippen LogP contribution in [0.3, 0.4) is 0 Å². The van der Waals surface area contributed by atoms with E-state index in [1.54, 1.807) is 13.8 Å². The van der Waals surface area contributed by atoms with Gasteiger partial charge in [0.25, 0.3) is 0 Å². The molecule has 0 aliphatic carbocycles. The topological polar surface area (TPSA) is 106 Å². The Morgan fingerprint density at radius 2 is 2.00 bits per heavy atom. The second-order valence-corrected chi connectivity index (χ2v) is 6.59. The maximum atomic E-state index is 12.5. The number of methoxy groups -OCH3 is 1. The minimum absolute atomic E-state index is 0.157. The maximum Gasteiger partial charge on any atom is 0.352 e. The number of carbonyl (C=O) groups excluding carboxylic acids is 1. The van der Waals surface area contributed by atoms with Crippen LogP contribution >= 0.6 is 0 Å². The Kier molecular flexibility index (Phi) is 5.13. The molecule has 0 atom stereocenters. The minimum atomic E-state index is -3.99. The molecule has 0 saturated heterocycles. The molecule has 0 amide bonds. The highest BCUT2D eigenvalue weighted by Gasteiger charge is 2.31. The third-order valence-corrected chi connectivity index (χ3v) is 4.88. The van der Waals surface area contributed by atoms with E-state index in [-0.39, 0.29) is 10.6 Å². The van der Waals surface area contributed by atoms with Crippen molar-refractivity contribution in [1.82, 2.24) is 8.87 Å². The number of hydrogen-bond acceptors (Lipinski definition) is 5. The van der Waals surface area contributed by atoms with Crippen LogP contribution in [0.2, 0.25) is 0 Å². The summed E-state index contributed by atoms with van der Waals surface area (Å²) in [7, 11) is -1.39. The van der Waals surface area contributed by atoms with E-state index in [0.717, 1.165) is 10.4 Å². The molecule has 0 spiro atoms. The number of nitrogens with zero attached hydrogens (tertiary/aromatic N) is 2. The van der Waals surface area contributed by atoms with Crippen molar-refractivity contribution in [2.75, 3.05) is 13.7 Å². The Morgan fingerprint density at radius 3 is 2.38 bits per heavy atom. The number of esters is 1. The van der Waals surface area contributed by atoms with Gasteiger partial charge in [-0.1, -0.05) is 0 Å². The summed E-state index contributed by atoms with van der Waals surface area (Å²) in [6.07, 6.45) is 1.20. The molecule has 0 radical (unpaired) electrons. The van der Waals surface area contributed by atoms with Gasteiger partial charge in [-0.2, -0.15) is 4.31 Å². The van der Waals surface area contributed by atoms with Gasteiger partial charge in [0.15, 0.2) is 0 Å². The second kappa shape index (κ2) is 6.27. The predicted octanol–water partition coefficient (Wildman–Crippen LogP) is 0.295. The fraction of sp³-hybridized carbons (Fsp3) is 0.500. The highest BCUT2D eigenvalue weighted by molar-refractivity contribution is 7.89. The molecule has 1 heterocycles. The van der Waals surface area contributed by atoms with Gasteiger partial charge in [0.05, 0.1) is 7.11 Å². The normalized spacial score (nSPS) is 11.9. The van der Waals surface area contributed by atoms with E-state index in [2.05, 4.69) is 4.74 Å². The summed E-state index contributed by atoms with van der Waals surface area (Å²) in [6.45, 7) is 2.79. The Hall–Kier alpha value is -1.87. The van der Waals surface area contributed by atoms with Crippen molar-refractivity contribution in [2.45, 2.75) is 24.8 Å². The van der Waals surface area contributed by atoms with Crippen LogP contribution in [-0.2, 0) is 26.6 Å². The molecule has 1 rings (SSSR count).